The highest BCUT2D eigenvalue weighted by Crippen LogP contribution is 2.39. The highest BCUT2D eigenvalue weighted by molar-refractivity contribution is 6.30. The number of halogens is 1. The van der Waals surface area contributed by atoms with Gasteiger partial charge in [-0.25, -0.2) is 0 Å². The van der Waals surface area contributed by atoms with Gasteiger partial charge >= 0.3 is 0 Å². The SMILES string of the molecule is Nc1nc2oc(-c3ccc(Cl)cc3)cc2c2c1CCO2. The normalized spacial score (nSPS) is 13.4. The molecule has 0 saturated carbocycles. The van der Waals surface area contributed by atoms with E-state index in [1.54, 1.807) is 0 Å². The Labute approximate surface area is 120 Å². The number of rotatable bonds is 1. The Morgan fingerprint density at radius 3 is 2.80 bits per heavy atom. The van der Waals surface area contributed by atoms with Gasteiger partial charge in [-0.1, -0.05) is 11.6 Å². The number of anilines is 1. The zero-order valence-electron chi connectivity index (χ0n) is 10.5. The quantitative estimate of drug-likeness (QED) is 0.741. The van der Waals surface area contributed by atoms with Gasteiger partial charge in [-0.15, -0.1) is 0 Å². The third-order valence-corrected chi connectivity index (χ3v) is 3.74. The monoisotopic (exact) mass is 286 g/mol. The van der Waals surface area contributed by atoms with Gasteiger partial charge in [0.15, 0.2) is 0 Å². The lowest BCUT2D eigenvalue weighted by Gasteiger charge is -2.01. The van der Waals surface area contributed by atoms with Crippen molar-refractivity contribution in [3.05, 3.63) is 40.9 Å². The summed E-state index contributed by atoms with van der Waals surface area (Å²) in [5.74, 6) is 2.02. The maximum atomic E-state index is 5.94. The molecule has 1 aliphatic heterocycles. The number of aromatic nitrogens is 1. The maximum Gasteiger partial charge on any atom is 0.232 e. The van der Waals surface area contributed by atoms with Crippen LogP contribution in [0.25, 0.3) is 22.4 Å². The molecular weight excluding hydrogens is 276 g/mol. The van der Waals surface area contributed by atoms with Crippen LogP contribution in [-0.2, 0) is 6.42 Å². The molecule has 0 spiro atoms. The lowest BCUT2D eigenvalue weighted by atomic mass is 10.1. The highest BCUT2D eigenvalue weighted by Gasteiger charge is 2.22. The lowest BCUT2D eigenvalue weighted by Crippen LogP contribution is -1.94. The van der Waals surface area contributed by atoms with Crippen molar-refractivity contribution in [1.29, 1.82) is 0 Å². The van der Waals surface area contributed by atoms with E-state index < -0.39 is 0 Å². The summed E-state index contributed by atoms with van der Waals surface area (Å²) in [7, 11) is 0. The van der Waals surface area contributed by atoms with E-state index in [1.807, 2.05) is 30.3 Å². The summed E-state index contributed by atoms with van der Waals surface area (Å²) < 4.78 is 11.4. The van der Waals surface area contributed by atoms with E-state index in [2.05, 4.69) is 4.98 Å². The van der Waals surface area contributed by atoms with Crippen LogP contribution in [0, 0.1) is 0 Å². The largest absolute Gasteiger partial charge is 0.492 e. The molecule has 2 aromatic heterocycles. The van der Waals surface area contributed by atoms with Gasteiger partial charge in [-0.3, -0.25) is 0 Å². The zero-order chi connectivity index (χ0) is 13.7. The third-order valence-electron chi connectivity index (χ3n) is 3.49. The molecule has 0 saturated heterocycles. The van der Waals surface area contributed by atoms with Crippen LogP contribution >= 0.6 is 11.6 Å². The molecule has 100 valence electrons. The third kappa shape index (κ3) is 1.65. The molecule has 1 aliphatic rings. The number of furan rings is 1. The van der Waals surface area contributed by atoms with Crippen molar-refractivity contribution in [3.63, 3.8) is 0 Å². The minimum Gasteiger partial charge on any atom is -0.492 e. The topological polar surface area (TPSA) is 61.3 Å². The molecule has 3 heterocycles. The van der Waals surface area contributed by atoms with E-state index in [4.69, 9.17) is 26.5 Å². The average molecular weight is 287 g/mol. The van der Waals surface area contributed by atoms with Crippen LogP contribution < -0.4 is 10.5 Å². The minimum atomic E-state index is 0.488. The molecule has 4 nitrogen and oxygen atoms in total. The number of nitrogens with zero attached hydrogens (tertiary/aromatic N) is 1. The van der Waals surface area contributed by atoms with Crippen LogP contribution in [0.5, 0.6) is 5.75 Å². The first-order valence-electron chi connectivity index (χ1n) is 6.33. The number of nitrogen functional groups attached to an aromatic ring is 1. The lowest BCUT2D eigenvalue weighted by molar-refractivity contribution is 0.360. The summed E-state index contributed by atoms with van der Waals surface area (Å²) in [5.41, 5.74) is 8.36. The van der Waals surface area contributed by atoms with Gasteiger partial charge in [0.1, 0.15) is 17.3 Å². The molecule has 0 amide bonds. The van der Waals surface area contributed by atoms with Crippen molar-refractivity contribution in [1.82, 2.24) is 4.98 Å². The van der Waals surface area contributed by atoms with Crippen LogP contribution in [-0.4, -0.2) is 11.6 Å². The Bertz CT molecular complexity index is 809. The minimum absolute atomic E-state index is 0.488. The molecule has 2 N–H and O–H groups in total. The molecular formula is C15H11ClN2O2. The molecule has 5 heteroatoms. The van der Waals surface area contributed by atoms with Crippen molar-refractivity contribution >= 4 is 28.5 Å². The fourth-order valence-electron chi connectivity index (χ4n) is 2.50. The second-order valence-corrected chi connectivity index (χ2v) is 5.18. The van der Waals surface area contributed by atoms with Gasteiger partial charge in [-0.2, -0.15) is 4.98 Å². The number of hydrogen-bond acceptors (Lipinski definition) is 4. The highest BCUT2D eigenvalue weighted by atomic mass is 35.5. The Kier molecular flexibility index (Phi) is 2.41. The van der Waals surface area contributed by atoms with E-state index in [1.165, 1.54) is 0 Å². The average Bonchev–Trinajstić information content (AvgIpc) is 3.05. The molecule has 0 bridgehead atoms. The summed E-state index contributed by atoms with van der Waals surface area (Å²) >= 11 is 5.90. The van der Waals surface area contributed by atoms with Crippen LogP contribution in [0.15, 0.2) is 34.7 Å². The van der Waals surface area contributed by atoms with Crippen molar-refractivity contribution in [2.45, 2.75) is 6.42 Å². The van der Waals surface area contributed by atoms with Gasteiger partial charge in [0.2, 0.25) is 5.71 Å². The molecule has 20 heavy (non-hydrogen) atoms. The number of benzene rings is 1. The van der Waals surface area contributed by atoms with Crippen LogP contribution in [0.4, 0.5) is 5.82 Å². The Balaban J connectivity index is 1.93. The van der Waals surface area contributed by atoms with Crippen LogP contribution in [0.3, 0.4) is 0 Å². The Morgan fingerprint density at radius 2 is 2.00 bits per heavy atom. The Morgan fingerprint density at radius 1 is 1.20 bits per heavy atom. The van der Waals surface area contributed by atoms with E-state index in [0.29, 0.717) is 23.2 Å². The van der Waals surface area contributed by atoms with Crippen molar-refractivity contribution < 1.29 is 9.15 Å². The summed E-state index contributed by atoms with van der Waals surface area (Å²) in [6, 6.07) is 9.41. The van der Waals surface area contributed by atoms with E-state index in [-0.39, 0.29) is 0 Å². The molecule has 0 fully saturated rings. The van der Waals surface area contributed by atoms with Gasteiger partial charge in [0, 0.05) is 22.6 Å². The van der Waals surface area contributed by atoms with Crippen molar-refractivity contribution in [2.75, 3.05) is 12.3 Å². The summed E-state index contributed by atoms with van der Waals surface area (Å²) in [6.45, 7) is 0.641. The second-order valence-electron chi connectivity index (χ2n) is 4.74. The zero-order valence-corrected chi connectivity index (χ0v) is 11.3. The van der Waals surface area contributed by atoms with E-state index >= 15 is 0 Å². The maximum absolute atomic E-state index is 5.94. The van der Waals surface area contributed by atoms with Crippen LogP contribution in [0.1, 0.15) is 5.56 Å². The van der Waals surface area contributed by atoms with Gasteiger partial charge in [0.05, 0.1) is 12.0 Å². The standard InChI is InChI=1S/C15H11ClN2O2/c16-9-3-1-8(2-4-9)12-7-11-13-10(5-6-19-13)14(17)18-15(11)20-12/h1-4,7H,5-6H2,(H2,17,18). The number of hydrogen-bond donors (Lipinski definition) is 1. The fourth-order valence-corrected chi connectivity index (χ4v) is 2.63. The molecule has 1 aromatic carbocycles. The number of nitrogens with two attached hydrogens (primary N) is 1. The fraction of sp³-hybridized carbons (Fsp3) is 0.133. The number of fused-ring (bicyclic) bond motifs is 3. The predicted octanol–water partition coefficient (Wildman–Crippen LogP) is 3.67. The number of pyridine rings is 1. The van der Waals surface area contributed by atoms with Crippen LogP contribution in [0.2, 0.25) is 5.02 Å². The second kappa shape index (κ2) is 4.15. The van der Waals surface area contributed by atoms with Gasteiger partial charge in [-0.05, 0) is 30.3 Å². The molecule has 4 rings (SSSR count). The first-order valence-corrected chi connectivity index (χ1v) is 6.71. The molecule has 0 aliphatic carbocycles. The summed E-state index contributed by atoms with van der Waals surface area (Å²) in [5, 5.41) is 1.56. The molecule has 0 unspecified atom stereocenters. The first-order chi connectivity index (χ1) is 9.72. The van der Waals surface area contributed by atoms with E-state index in [0.717, 1.165) is 34.4 Å². The predicted molar refractivity (Wildman–Crippen MR) is 78.1 cm³/mol. The molecule has 0 atom stereocenters. The number of ether oxygens (including phenoxy) is 1. The van der Waals surface area contributed by atoms with Gasteiger partial charge < -0.3 is 14.9 Å². The summed E-state index contributed by atoms with van der Waals surface area (Å²) in [4.78, 5) is 4.32. The molecule has 3 aromatic rings. The van der Waals surface area contributed by atoms with Crippen molar-refractivity contribution in [3.8, 4) is 17.1 Å². The smallest absolute Gasteiger partial charge is 0.232 e. The van der Waals surface area contributed by atoms with E-state index in [9.17, 15) is 0 Å². The molecule has 0 radical (unpaired) electrons. The Hall–Kier alpha value is -2.20. The van der Waals surface area contributed by atoms with Gasteiger partial charge in [0.25, 0.3) is 0 Å². The van der Waals surface area contributed by atoms with Crippen molar-refractivity contribution in [2.24, 2.45) is 0 Å². The first kappa shape index (κ1) is 11.6. The summed E-state index contributed by atoms with van der Waals surface area (Å²) in [6.07, 6.45) is 0.797.